The molecule has 1 aromatic rings. The molecule has 1 N–H and O–H groups in total. The number of unbranched alkanes of at least 4 members (excludes halogenated alkanes) is 2. The molecule has 0 bridgehead atoms. The fourth-order valence-corrected chi connectivity index (χ4v) is 2.03. The van der Waals surface area contributed by atoms with Gasteiger partial charge in [-0.15, -0.1) is 0 Å². The maximum atomic E-state index is 9.32. The minimum Gasteiger partial charge on any atom is -0.508 e. The standard InChI is InChI=1S/C15H21Cl2NO3/c1-15(2,3)21-18-7-5-4-6-8-20-14-12(16)9-11(19)10-13(14)17/h7,9-10,19H,4-6,8H2,1-3H3/b18-7+. The second-order valence-corrected chi connectivity index (χ2v) is 6.39. The summed E-state index contributed by atoms with van der Waals surface area (Å²) in [4.78, 5) is 5.23. The first kappa shape index (κ1) is 17.9. The molecule has 1 rings (SSSR count). The normalized spacial score (nSPS) is 11.9. The molecule has 0 aliphatic carbocycles. The van der Waals surface area contributed by atoms with Gasteiger partial charge in [-0.1, -0.05) is 28.4 Å². The van der Waals surface area contributed by atoms with Gasteiger partial charge in [0, 0.05) is 18.3 Å². The molecule has 0 heterocycles. The van der Waals surface area contributed by atoms with Crippen LogP contribution in [0.3, 0.4) is 0 Å². The summed E-state index contributed by atoms with van der Waals surface area (Å²) in [6.45, 7) is 6.34. The molecule has 0 aliphatic heterocycles. The minimum atomic E-state index is -0.258. The Balaban J connectivity index is 2.24. The fourth-order valence-electron chi connectivity index (χ4n) is 1.44. The Hall–Kier alpha value is -1.13. The van der Waals surface area contributed by atoms with Crippen molar-refractivity contribution in [2.24, 2.45) is 5.16 Å². The molecule has 21 heavy (non-hydrogen) atoms. The molecule has 0 radical (unpaired) electrons. The number of hydrogen-bond acceptors (Lipinski definition) is 4. The van der Waals surface area contributed by atoms with Crippen LogP contribution in [0.1, 0.15) is 40.0 Å². The fraction of sp³-hybridized carbons (Fsp3) is 0.533. The Labute approximate surface area is 135 Å². The molecule has 6 heteroatoms. The summed E-state index contributed by atoms with van der Waals surface area (Å²) in [6, 6.07) is 2.80. The first-order valence-electron chi connectivity index (χ1n) is 6.80. The summed E-state index contributed by atoms with van der Waals surface area (Å²) in [5, 5.41) is 13.8. The minimum absolute atomic E-state index is 0.0207. The molecule has 118 valence electrons. The van der Waals surface area contributed by atoms with Crippen LogP contribution in [-0.4, -0.2) is 23.5 Å². The number of nitrogens with zero attached hydrogens (tertiary/aromatic N) is 1. The van der Waals surface area contributed by atoms with Gasteiger partial charge in [-0.2, -0.15) is 0 Å². The lowest BCUT2D eigenvalue weighted by molar-refractivity contribution is 0.00156. The third kappa shape index (κ3) is 7.44. The molecule has 4 nitrogen and oxygen atoms in total. The van der Waals surface area contributed by atoms with E-state index in [1.807, 2.05) is 20.8 Å². The topological polar surface area (TPSA) is 51.0 Å². The molecule has 0 saturated carbocycles. The highest BCUT2D eigenvalue weighted by Gasteiger charge is 2.10. The summed E-state index contributed by atoms with van der Waals surface area (Å²) < 4.78 is 5.53. The molecule has 0 atom stereocenters. The Morgan fingerprint density at radius 1 is 1.19 bits per heavy atom. The number of rotatable bonds is 7. The van der Waals surface area contributed by atoms with Crippen LogP contribution in [0.25, 0.3) is 0 Å². The van der Waals surface area contributed by atoms with E-state index >= 15 is 0 Å². The highest BCUT2D eigenvalue weighted by atomic mass is 35.5. The van der Waals surface area contributed by atoms with Crippen LogP contribution in [-0.2, 0) is 4.84 Å². The Bertz CT molecular complexity index is 461. The summed E-state index contributed by atoms with van der Waals surface area (Å²) in [6.07, 6.45) is 4.33. The van der Waals surface area contributed by atoms with Crippen LogP contribution in [0.4, 0.5) is 0 Å². The second-order valence-electron chi connectivity index (χ2n) is 5.57. The third-order valence-corrected chi connectivity index (χ3v) is 2.92. The van der Waals surface area contributed by atoms with Crippen molar-refractivity contribution in [1.29, 1.82) is 0 Å². The zero-order valence-corrected chi connectivity index (χ0v) is 14.0. The van der Waals surface area contributed by atoms with Gasteiger partial charge in [-0.3, -0.25) is 0 Å². The number of phenols is 1. The van der Waals surface area contributed by atoms with E-state index < -0.39 is 0 Å². The maximum absolute atomic E-state index is 9.32. The van der Waals surface area contributed by atoms with Crippen molar-refractivity contribution >= 4 is 29.4 Å². The van der Waals surface area contributed by atoms with Crippen molar-refractivity contribution in [2.75, 3.05) is 6.61 Å². The number of aromatic hydroxyl groups is 1. The highest BCUT2D eigenvalue weighted by Crippen LogP contribution is 2.36. The lowest BCUT2D eigenvalue weighted by Crippen LogP contribution is -2.15. The third-order valence-electron chi connectivity index (χ3n) is 2.36. The maximum Gasteiger partial charge on any atom is 0.156 e. The van der Waals surface area contributed by atoms with E-state index in [4.69, 9.17) is 32.8 Å². The number of benzene rings is 1. The van der Waals surface area contributed by atoms with Gasteiger partial charge < -0.3 is 14.7 Å². The van der Waals surface area contributed by atoms with E-state index in [1.54, 1.807) is 6.21 Å². The smallest absolute Gasteiger partial charge is 0.156 e. The summed E-state index contributed by atoms with van der Waals surface area (Å²) in [5.74, 6) is 0.424. The molecular formula is C15H21Cl2NO3. The van der Waals surface area contributed by atoms with Gasteiger partial charge in [0.25, 0.3) is 0 Å². The Kier molecular flexibility index (Phi) is 7.12. The average Bonchev–Trinajstić information content (AvgIpc) is 2.33. The number of halogens is 2. The molecular weight excluding hydrogens is 313 g/mol. The van der Waals surface area contributed by atoms with Crippen LogP contribution < -0.4 is 4.74 Å². The van der Waals surface area contributed by atoms with E-state index in [0.29, 0.717) is 22.4 Å². The van der Waals surface area contributed by atoms with Crippen LogP contribution in [0.15, 0.2) is 17.3 Å². The van der Waals surface area contributed by atoms with Gasteiger partial charge in [0.15, 0.2) is 5.75 Å². The molecule has 0 unspecified atom stereocenters. The highest BCUT2D eigenvalue weighted by molar-refractivity contribution is 6.37. The predicted molar refractivity (Wildman–Crippen MR) is 86.8 cm³/mol. The van der Waals surface area contributed by atoms with Crippen LogP contribution in [0.5, 0.6) is 11.5 Å². The van der Waals surface area contributed by atoms with E-state index in [9.17, 15) is 5.11 Å². The van der Waals surface area contributed by atoms with Gasteiger partial charge in [-0.25, -0.2) is 0 Å². The average molecular weight is 334 g/mol. The SMILES string of the molecule is CC(C)(C)O/N=C/CCCCOc1c(Cl)cc(O)cc1Cl. The second kappa shape index (κ2) is 8.35. The molecule has 0 spiro atoms. The molecule has 0 aliphatic rings. The van der Waals surface area contributed by atoms with Crippen molar-refractivity contribution in [1.82, 2.24) is 0 Å². The van der Waals surface area contributed by atoms with Crippen LogP contribution in [0, 0.1) is 0 Å². The number of phenolic OH excluding ortho intramolecular Hbond substituents is 1. The molecule has 0 fully saturated rings. The quantitative estimate of drug-likeness (QED) is 0.431. The van der Waals surface area contributed by atoms with Gasteiger partial charge in [0.2, 0.25) is 0 Å². The number of hydrogen-bond donors (Lipinski definition) is 1. The van der Waals surface area contributed by atoms with Gasteiger partial charge >= 0.3 is 0 Å². The summed E-state index contributed by atoms with van der Waals surface area (Å²) >= 11 is 11.9. The number of oxime groups is 1. The van der Waals surface area contributed by atoms with E-state index in [1.165, 1.54) is 12.1 Å². The van der Waals surface area contributed by atoms with Crippen LogP contribution in [0.2, 0.25) is 10.0 Å². The van der Waals surface area contributed by atoms with Crippen LogP contribution >= 0.6 is 23.2 Å². The zero-order chi connectivity index (χ0) is 15.9. The van der Waals surface area contributed by atoms with Crippen molar-refractivity contribution in [3.05, 3.63) is 22.2 Å². The molecule has 1 aromatic carbocycles. The summed E-state index contributed by atoms with van der Waals surface area (Å²) in [7, 11) is 0. The van der Waals surface area contributed by atoms with Gasteiger partial charge in [0.1, 0.15) is 11.4 Å². The van der Waals surface area contributed by atoms with Crippen molar-refractivity contribution < 1.29 is 14.7 Å². The Morgan fingerprint density at radius 2 is 1.81 bits per heavy atom. The lowest BCUT2D eigenvalue weighted by atomic mass is 10.2. The van der Waals surface area contributed by atoms with Crippen molar-refractivity contribution in [3.63, 3.8) is 0 Å². The predicted octanol–water partition coefficient (Wildman–Crippen LogP) is 5.05. The molecule has 0 saturated heterocycles. The lowest BCUT2D eigenvalue weighted by Gasteiger charge is -2.14. The largest absolute Gasteiger partial charge is 0.508 e. The van der Waals surface area contributed by atoms with Crippen molar-refractivity contribution in [2.45, 2.75) is 45.6 Å². The van der Waals surface area contributed by atoms with E-state index in [-0.39, 0.29) is 11.4 Å². The van der Waals surface area contributed by atoms with Gasteiger partial charge in [-0.05, 0) is 40.0 Å². The first-order chi connectivity index (χ1) is 9.79. The number of ether oxygens (including phenoxy) is 1. The summed E-state index contributed by atoms with van der Waals surface area (Å²) in [5.41, 5.74) is -0.258. The van der Waals surface area contributed by atoms with Gasteiger partial charge in [0.05, 0.1) is 16.7 Å². The molecule has 0 aromatic heterocycles. The zero-order valence-electron chi connectivity index (χ0n) is 12.5. The van der Waals surface area contributed by atoms with Crippen molar-refractivity contribution in [3.8, 4) is 11.5 Å². The van der Waals surface area contributed by atoms with E-state index in [0.717, 1.165) is 19.3 Å². The monoisotopic (exact) mass is 333 g/mol. The molecule has 0 amide bonds. The Morgan fingerprint density at radius 3 is 2.38 bits per heavy atom. The van der Waals surface area contributed by atoms with E-state index in [2.05, 4.69) is 5.16 Å². The first-order valence-corrected chi connectivity index (χ1v) is 7.56.